The van der Waals surface area contributed by atoms with Crippen molar-refractivity contribution in [2.24, 2.45) is 34.8 Å². The summed E-state index contributed by atoms with van der Waals surface area (Å²) in [4.78, 5) is 25.9. The number of carbonyl (C=O) groups is 2. The Balaban J connectivity index is 1.71. The van der Waals surface area contributed by atoms with Gasteiger partial charge in [0.2, 0.25) is 0 Å². The van der Waals surface area contributed by atoms with Gasteiger partial charge in [-0.25, -0.2) is 8.42 Å². The van der Waals surface area contributed by atoms with Gasteiger partial charge in [0.25, 0.3) is 0 Å². The number of hydrogen-bond acceptors (Lipinski definition) is 9. The average Bonchev–Trinajstić information content (AvgIpc) is 3.15. The predicted molar refractivity (Wildman–Crippen MR) is 128 cm³/mol. The predicted octanol–water partition coefficient (Wildman–Crippen LogP) is 0.272. The van der Waals surface area contributed by atoms with Gasteiger partial charge in [0.05, 0.1) is 18.0 Å². The molecule has 8 atom stereocenters. The number of sulfone groups is 1. The van der Waals surface area contributed by atoms with E-state index in [1.165, 1.54) is 0 Å². The van der Waals surface area contributed by atoms with E-state index in [4.69, 9.17) is 10.5 Å². The van der Waals surface area contributed by atoms with Crippen molar-refractivity contribution in [3.63, 3.8) is 0 Å². The topological polar surface area (TPSA) is 164 Å². The number of fused-ring (bicyclic) bond motifs is 5. The van der Waals surface area contributed by atoms with E-state index in [1.807, 2.05) is 20.8 Å². The van der Waals surface area contributed by atoms with Crippen LogP contribution in [0.3, 0.4) is 0 Å². The van der Waals surface area contributed by atoms with Gasteiger partial charge in [-0.3, -0.25) is 9.59 Å². The quantitative estimate of drug-likeness (QED) is 0.289. The zero-order valence-electron chi connectivity index (χ0n) is 20.9. The molecule has 0 spiro atoms. The third-order valence-electron chi connectivity index (χ3n) is 9.26. The SMILES string of the molecule is CC1=C[C@H]2[C@@]3(O)[C@H](C)C[C@]4(OC(=O)[C@@H](N)CCS(C)(=O)=O)[C@H]([C@@H]3C=C(CO)C[C@]2(O)C1=O)C4(C)C. The second kappa shape index (κ2) is 7.95. The maximum absolute atomic E-state index is 13.0. The highest BCUT2D eigenvalue weighted by Crippen LogP contribution is 2.76. The Labute approximate surface area is 206 Å². The highest BCUT2D eigenvalue weighted by molar-refractivity contribution is 7.90. The maximum atomic E-state index is 13.0. The molecule has 0 aromatic rings. The van der Waals surface area contributed by atoms with E-state index in [0.717, 1.165) is 6.26 Å². The van der Waals surface area contributed by atoms with Crippen molar-refractivity contribution < 1.29 is 38.1 Å². The molecule has 0 radical (unpaired) electrons. The molecule has 5 N–H and O–H groups in total. The zero-order chi connectivity index (χ0) is 26.4. The number of ether oxygens (including phenoxy) is 1. The summed E-state index contributed by atoms with van der Waals surface area (Å²) in [7, 11) is -3.29. The molecule has 4 aliphatic rings. The second-order valence-corrected chi connectivity index (χ2v) is 14.1. The van der Waals surface area contributed by atoms with Gasteiger partial charge < -0.3 is 25.8 Å². The van der Waals surface area contributed by atoms with Crippen molar-refractivity contribution in [2.75, 3.05) is 18.6 Å². The highest BCUT2D eigenvalue weighted by atomic mass is 32.2. The molecule has 2 fully saturated rings. The van der Waals surface area contributed by atoms with Crippen LogP contribution in [0.5, 0.6) is 0 Å². The number of rotatable bonds is 6. The summed E-state index contributed by atoms with van der Waals surface area (Å²) in [6.45, 7) is 6.94. The minimum Gasteiger partial charge on any atom is -0.457 e. The van der Waals surface area contributed by atoms with Crippen molar-refractivity contribution in [1.82, 2.24) is 0 Å². The highest BCUT2D eigenvalue weighted by Gasteiger charge is 2.83. The van der Waals surface area contributed by atoms with Crippen LogP contribution in [0.4, 0.5) is 0 Å². The summed E-state index contributed by atoms with van der Waals surface area (Å²) >= 11 is 0. The molecule has 0 aromatic carbocycles. The lowest BCUT2D eigenvalue weighted by molar-refractivity contribution is -0.187. The number of Topliss-reactive ketones (excluding diaryl/α,β-unsaturated/α-hetero) is 1. The molecule has 0 unspecified atom stereocenters. The van der Waals surface area contributed by atoms with Crippen LogP contribution in [0.2, 0.25) is 0 Å². The fourth-order valence-electron chi connectivity index (χ4n) is 7.31. The summed E-state index contributed by atoms with van der Waals surface area (Å²) in [5.74, 6) is -3.67. The summed E-state index contributed by atoms with van der Waals surface area (Å²) in [5, 5.41) is 33.8. The minimum absolute atomic E-state index is 0.0579. The van der Waals surface area contributed by atoms with Crippen LogP contribution in [-0.4, -0.2) is 77.0 Å². The van der Waals surface area contributed by atoms with Crippen molar-refractivity contribution in [3.8, 4) is 0 Å². The minimum atomic E-state index is -3.29. The van der Waals surface area contributed by atoms with Crippen LogP contribution in [0.1, 0.15) is 47.0 Å². The normalized spacial score (nSPS) is 42.6. The number of ketones is 1. The molecule has 0 saturated heterocycles. The van der Waals surface area contributed by atoms with Gasteiger partial charge in [-0.2, -0.15) is 0 Å². The zero-order valence-corrected chi connectivity index (χ0v) is 21.8. The summed E-state index contributed by atoms with van der Waals surface area (Å²) in [6, 6.07) is -1.10. The van der Waals surface area contributed by atoms with Gasteiger partial charge in [-0.15, -0.1) is 0 Å². The van der Waals surface area contributed by atoms with E-state index in [-0.39, 0.29) is 37.5 Å². The molecule has 0 heterocycles. The van der Waals surface area contributed by atoms with Crippen LogP contribution in [0.15, 0.2) is 23.3 Å². The Bertz CT molecular complexity index is 1130. The van der Waals surface area contributed by atoms with Gasteiger partial charge >= 0.3 is 5.97 Å². The van der Waals surface area contributed by atoms with Crippen LogP contribution in [-0.2, 0) is 24.2 Å². The van der Waals surface area contributed by atoms with E-state index < -0.39 is 67.6 Å². The van der Waals surface area contributed by atoms with E-state index >= 15 is 0 Å². The summed E-state index contributed by atoms with van der Waals surface area (Å²) < 4.78 is 29.0. The molecular formula is C25H37NO8S. The first-order chi connectivity index (χ1) is 16.0. The number of carbonyl (C=O) groups excluding carboxylic acids is 2. The molecule has 0 aliphatic heterocycles. The Morgan fingerprint density at radius 1 is 1.29 bits per heavy atom. The second-order valence-electron chi connectivity index (χ2n) is 11.8. The monoisotopic (exact) mass is 511 g/mol. The smallest absolute Gasteiger partial charge is 0.323 e. The summed E-state index contributed by atoms with van der Waals surface area (Å²) in [5.41, 5.74) is 1.94. The fourth-order valence-corrected chi connectivity index (χ4v) is 7.99. The number of hydrogen-bond donors (Lipinski definition) is 4. The number of nitrogens with two attached hydrogens (primary N) is 1. The molecule has 35 heavy (non-hydrogen) atoms. The summed E-state index contributed by atoms with van der Waals surface area (Å²) in [6.07, 6.45) is 4.64. The Kier molecular flexibility index (Phi) is 6.01. The van der Waals surface area contributed by atoms with Gasteiger partial charge in [-0.1, -0.05) is 32.9 Å². The largest absolute Gasteiger partial charge is 0.457 e. The first-order valence-electron chi connectivity index (χ1n) is 12.1. The maximum Gasteiger partial charge on any atom is 0.323 e. The third-order valence-corrected chi connectivity index (χ3v) is 10.2. The molecule has 10 heteroatoms. The lowest BCUT2D eigenvalue weighted by Crippen LogP contribution is -2.61. The standard InChI is InChI=1S/C25H37NO8S/c1-13-8-18-23(30,20(13)28)11-15(12-27)9-16-19-22(3,4)24(19,10-14(2)25(16,18)31)34-21(29)17(26)6-7-35(5,32)33/h8-9,14,16-19,27,30-31H,6-7,10-12,26H2,1-5H3/t14-,16+,17+,18-,19-,23-,24+,25-/m1/s1. The fraction of sp³-hybridized carbons (Fsp3) is 0.760. The Morgan fingerprint density at radius 2 is 1.91 bits per heavy atom. The van der Waals surface area contributed by atoms with Crippen molar-refractivity contribution in [3.05, 3.63) is 23.3 Å². The lowest BCUT2D eigenvalue weighted by atomic mass is 9.60. The molecule has 0 bridgehead atoms. The Hall–Kier alpha value is -1.59. The molecule has 4 rings (SSSR count). The van der Waals surface area contributed by atoms with Crippen LogP contribution < -0.4 is 5.73 Å². The van der Waals surface area contributed by atoms with Crippen molar-refractivity contribution >= 4 is 21.6 Å². The van der Waals surface area contributed by atoms with E-state index in [9.17, 15) is 33.3 Å². The van der Waals surface area contributed by atoms with Gasteiger partial charge in [0.15, 0.2) is 5.78 Å². The number of aliphatic hydroxyl groups is 3. The molecular weight excluding hydrogens is 474 g/mol. The van der Waals surface area contributed by atoms with Gasteiger partial charge in [-0.05, 0) is 36.8 Å². The van der Waals surface area contributed by atoms with Gasteiger partial charge in [0, 0.05) is 35.8 Å². The van der Waals surface area contributed by atoms with Crippen LogP contribution >= 0.6 is 0 Å². The molecule has 0 amide bonds. The molecule has 196 valence electrons. The first-order valence-corrected chi connectivity index (χ1v) is 14.2. The van der Waals surface area contributed by atoms with Gasteiger partial charge in [0.1, 0.15) is 27.1 Å². The van der Waals surface area contributed by atoms with E-state index in [0.29, 0.717) is 11.1 Å². The molecule has 9 nitrogen and oxygen atoms in total. The number of aliphatic hydroxyl groups excluding tert-OH is 1. The van der Waals surface area contributed by atoms with Crippen LogP contribution in [0.25, 0.3) is 0 Å². The van der Waals surface area contributed by atoms with E-state index in [1.54, 1.807) is 19.1 Å². The number of esters is 1. The van der Waals surface area contributed by atoms with E-state index in [2.05, 4.69) is 0 Å². The average molecular weight is 512 g/mol. The van der Waals surface area contributed by atoms with Crippen molar-refractivity contribution in [1.29, 1.82) is 0 Å². The molecule has 4 aliphatic carbocycles. The van der Waals surface area contributed by atoms with Crippen LogP contribution in [0, 0.1) is 29.1 Å². The van der Waals surface area contributed by atoms with Crippen molar-refractivity contribution in [2.45, 2.75) is 69.8 Å². The third kappa shape index (κ3) is 3.67. The Morgan fingerprint density at radius 3 is 2.49 bits per heavy atom. The first kappa shape index (κ1) is 26.5. The molecule has 0 aromatic heterocycles. The lowest BCUT2D eigenvalue weighted by Gasteiger charge is -2.50. The molecule has 2 saturated carbocycles.